The summed E-state index contributed by atoms with van der Waals surface area (Å²) in [7, 11) is 0. The van der Waals surface area contributed by atoms with Crippen LogP contribution in [0.4, 0.5) is 0 Å². The lowest BCUT2D eigenvalue weighted by Gasteiger charge is -2.25. The van der Waals surface area contributed by atoms with Gasteiger partial charge in [0.05, 0.1) is 0 Å². The van der Waals surface area contributed by atoms with Crippen molar-refractivity contribution in [3.05, 3.63) is 29.8 Å². The van der Waals surface area contributed by atoms with Gasteiger partial charge in [0.15, 0.2) is 0 Å². The lowest BCUT2D eigenvalue weighted by molar-refractivity contribution is 0.161. The average molecular weight is 256 g/mol. The molecule has 96 valence electrons. The molecule has 0 spiro atoms. The Morgan fingerprint density at radius 3 is 2.65 bits per heavy atom. The number of rotatable bonds is 4. The summed E-state index contributed by atoms with van der Waals surface area (Å²) in [5.74, 6) is 1.09. The molecule has 1 fully saturated rings. The van der Waals surface area contributed by atoms with Gasteiger partial charge in [-0.1, -0.05) is 31.5 Å². The number of benzene rings is 1. The molecule has 0 unspecified atom stereocenters. The number of piperidine rings is 1. The highest BCUT2D eigenvalue weighted by Crippen LogP contribution is 2.22. The molecule has 2 nitrogen and oxygen atoms in total. The molecule has 1 heterocycles. The first-order valence-corrected chi connectivity index (χ1v) is 6.35. The summed E-state index contributed by atoms with van der Waals surface area (Å²) in [6, 6.07) is 8.45. The van der Waals surface area contributed by atoms with Gasteiger partial charge in [0.2, 0.25) is 0 Å². The van der Waals surface area contributed by atoms with Crippen molar-refractivity contribution in [2.24, 2.45) is 0 Å². The number of nitrogens with one attached hydrogen (secondary N) is 1. The van der Waals surface area contributed by atoms with Crippen molar-refractivity contribution in [1.29, 1.82) is 0 Å². The fraction of sp³-hybridized carbons (Fsp3) is 0.571. The number of ether oxygens (including phenoxy) is 1. The molecule has 1 aliphatic heterocycles. The molecule has 0 aromatic heterocycles. The molecule has 3 heteroatoms. The second kappa shape index (κ2) is 7.57. The molecule has 1 aromatic carbocycles. The average Bonchev–Trinajstić information content (AvgIpc) is 2.33. The fourth-order valence-electron chi connectivity index (χ4n) is 2.19. The third-order valence-corrected chi connectivity index (χ3v) is 3.07. The third-order valence-electron chi connectivity index (χ3n) is 3.07. The smallest absolute Gasteiger partial charge is 0.122 e. The van der Waals surface area contributed by atoms with E-state index in [2.05, 4.69) is 36.5 Å². The highest BCUT2D eigenvalue weighted by atomic mass is 35.5. The second-order valence-electron chi connectivity index (χ2n) is 4.42. The molecule has 0 aliphatic carbocycles. The van der Waals surface area contributed by atoms with Crippen LogP contribution in [0, 0.1) is 0 Å². The zero-order valence-corrected chi connectivity index (χ0v) is 11.3. The summed E-state index contributed by atoms with van der Waals surface area (Å²) in [6.07, 6.45) is 4.94. The van der Waals surface area contributed by atoms with Crippen LogP contribution in [0.2, 0.25) is 0 Å². The third kappa shape index (κ3) is 4.21. The molecule has 0 saturated carbocycles. The van der Waals surface area contributed by atoms with Gasteiger partial charge in [-0.25, -0.2) is 0 Å². The van der Waals surface area contributed by atoms with Gasteiger partial charge in [-0.2, -0.15) is 0 Å². The monoisotopic (exact) mass is 255 g/mol. The Hall–Kier alpha value is -0.730. The topological polar surface area (TPSA) is 21.3 Å². The lowest BCUT2D eigenvalue weighted by atomic mass is 10.1. The van der Waals surface area contributed by atoms with Crippen molar-refractivity contribution >= 4 is 12.4 Å². The maximum atomic E-state index is 6.10. The molecule has 0 amide bonds. The quantitative estimate of drug-likeness (QED) is 0.892. The fourth-order valence-corrected chi connectivity index (χ4v) is 2.19. The number of hydrogen-bond donors (Lipinski definition) is 1. The summed E-state index contributed by atoms with van der Waals surface area (Å²) in [4.78, 5) is 0. The van der Waals surface area contributed by atoms with E-state index >= 15 is 0 Å². The van der Waals surface area contributed by atoms with E-state index in [1.54, 1.807) is 0 Å². The SMILES string of the molecule is CCCc1ccccc1OC1CCNCC1.Cl. The van der Waals surface area contributed by atoms with Gasteiger partial charge in [-0.05, 0) is 44.0 Å². The van der Waals surface area contributed by atoms with Gasteiger partial charge in [0.25, 0.3) is 0 Å². The van der Waals surface area contributed by atoms with Crippen molar-refractivity contribution in [3.63, 3.8) is 0 Å². The van der Waals surface area contributed by atoms with Crippen LogP contribution < -0.4 is 10.1 Å². The van der Waals surface area contributed by atoms with E-state index in [-0.39, 0.29) is 12.4 Å². The largest absolute Gasteiger partial charge is 0.490 e. The van der Waals surface area contributed by atoms with Crippen molar-refractivity contribution in [2.45, 2.75) is 38.7 Å². The second-order valence-corrected chi connectivity index (χ2v) is 4.42. The summed E-state index contributed by atoms with van der Waals surface area (Å²) in [5.41, 5.74) is 1.35. The zero-order valence-electron chi connectivity index (χ0n) is 10.4. The molecule has 1 N–H and O–H groups in total. The Balaban J connectivity index is 0.00000144. The maximum absolute atomic E-state index is 6.10. The number of para-hydroxylation sites is 1. The zero-order chi connectivity index (χ0) is 11.2. The van der Waals surface area contributed by atoms with Crippen molar-refractivity contribution in [1.82, 2.24) is 5.32 Å². The summed E-state index contributed by atoms with van der Waals surface area (Å²) in [6.45, 7) is 4.38. The predicted molar refractivity (Wildman–Crippen MR) is 74.2 cm³/mol. The van der Waals surface area contributed by atoms with Crippen LogP contribution in [0.5, 0.6) is 5.75 Å². The molecule has 17 heavy (non-hydrogen) atoms. The van der Waals surface area contributed by atoms with Crippen LogP contribution >= 0.6 is 12.4 Å². The Labute approximate surface area is 110 Å². The normalized spacial score (nSPS) is 16.3. The van der Waals surface area contributed by atoms with E-state index in [1.165, 1.54) is 12.0 Å². The van der Waals surface area contributed by atoms with Gasteiger partial charge >= 0.3 is 0 Å². The lowest BCUT2D eigenvalue weighted by Crippen LogP contribution is -2.34. The summed E-state index contributed by atoms with van der Waals surface area (Å²) in [5, 5.41) is 3.36. The Bertz CT molecular complexity index is 324. The Morgan fingerprint density at radius 1 is 1.24 bits per heavy atom. The first-order chi connectivity index (χ1) is 7.90. The molecule has 1 aromatic rings. The van der Waals surface area contributed by atoms with Crippen LogP contribution in [0.15, 0.2) is 24.3 Å². The molecular formula is C14H22ClNO. The van der Waals surface area contributed by atoms with Crippen LogP contribution in [0.25, 0.3) is 0 Å². The number of aryl methyl sites for hydroxylation is 1. The number of halogens is 1. The van der Waals surface area contributed by atoms with E-state index in [4.69, 9.17) is 4.74 Å². The van der Waals surface area contributed by atoms with E-state index in [0.717, 1.165) is 38.1 Å². The Kier molecular flexibility index (Phi) is 6.38. The standard InChI is InChI=1S/C14H21NO.ClH/c1-2-5-12-6-3-4-7-14(12)16-13-8-10-15-11-9-13;/h3-4,6-7,13,15H,2,5,8-11H2,1H3;1H. The maximum Gasteiger partial charge on any atom is 0.122 e. The first-order valence-electron chi connectivity index (χ1n) is 6.35. The highest BCUT2D eigenvalue weighted by Gasteiger charge is 2.15. The minimum atomic E-state index is 0. The van der Waals surface area contributed by atoms with E-state index in [0.29, 0.717) is 6.10 Å². The molecule has 0 radical (unpaired) electrons. The van der Waals surface area contributed by atoms with Gasteiger partial charge < -0.3 is 10.1 Å². The summed E-state index contributed by atoms with van der Waals surface area (Å²) < 4.78 is 6.10. The van der Waals surface area contributed by atoms with Gasteiger partial charge in [0, 0.05) is 0 Å². The highest BCUT2D eigenvalue weighted by molar-refractivity contribution is 5.85. The van der Waals surface area contributed by atoms with E-state index in [1.807, 2.05) is 0 Å². The van der Waals surface area contributed by atoms with Crippen LogP contribution in [-0.4, -0.2) is 19.2 Å². The van der Waals surface area contributed by atoms with E-state index < -0.39 is 0 Å². The van der Waals surface area contributed by atoms with Gasteiger partial charge in [0.1, 0.15) is 11.9 Å². The van der Waals surface area contributed by atoms with Gasteiger partial charge in [-0.3, -0.25) is 0 Å². The minimum Gasteiger partial charge on any atom is -0.490 e. The predicted octanol–water partition coefficient (Wildman–Crippen LogP) is 3.19. The number of hydrogen-bond acceptors (Lipinski definition) is 2. The van der Waals surface area contributed by atoms with Crippen LogP contribution in [-0.2, 0) is 6.42 Å². The molecule has 0 bridgehead atoms. The minimum absolute atomic E-state index is 0. The van der Waals surface area contributed by atoms with Gasteiger partial charge in [-0.15, -0.1) is 12.4 Å². The Morgan fingerprint density at radius 2 is 1.94 bits per heavy atom. The van der Waals surface area contributed by atoms with Crippen molar-refractivity contribution in [3.8, 4) is 5.75 Å². The molecule has 1 saturated heterocycles. The summed E-state index contributed by atoms with van der Waals surface area (Å²) >= 11 is 0. The molecule has 2 rings (SSSR count). The van der Waals surface area contributed by atoms with Crippen LogP contribution in [0.1, 0.15) is 31.7 Å². The van der Waals surface area contributed by atoms with Crippen molar-refractivity contribution < 1.29 is 4.74 Å². The van der Waals surface area contributed by atoms with E-state index in [9.17, 15) is 0 Å². The van der Waals surface area contributed by atoms with Crippen LogP contribution in [0.3, 0.4) is 0 Å². The molecule has 1 aliphatic rings. The molecular weight excluding hydrogens is 234 g/mol. The van der Waals surface area contributed by atoms with Crippen molar-refractivity contribution in [2.75, 3.05) is 13.1 Å². The molecule has 0 atom stereocenters. The first kappa shape index (κ1) is 14.3.